The molecule has 4 heteroatoms. The summed E-state index contributed by atoms with van der Waals surface area (Å²) in [5.74, 6) is 0.919. The second kappa shape index (κ2) is 13.0. The van der Waals surface area contributed by atoms with E-state index < -0.39 is 0 Å². The highest BCUT2D eigenvalue weighted by atomic mass is 16.5. The third-order valence-corrected chi connectivity index (χ3v) is 6.49. The van der Waals surface area contributed by atoms with Crippen LogP contribution in [-0.2, 0) is 17.6 Å². The Labute approximate surface area is 199 Å². The van der Waals surface area contributed by atoms with E-state index in [1.54, 1.807) is 19.4 Å². The van der Waals surface area contributed by atoms with Crippen molar-refractivity contribution in [3.05, 3.63) is 77.1 Å². The number of fused-ring (bicyclic) bond motifs is 1. The van der Waals surface area contributed by atoms with Gasteiger partial charge in [-0.15, -0.1) is 0 Å². The number of allylic oxidation sites excluding steroid dienone is 3. The summed E-state index contributed by atoms with van der Waals surface area (Å²) in [7, 11) is 1.72. The van der Waals surface area contributed by atoms with Crippen molar-refractivity contribution < 1.29 is 9.53 Å². The monoisotopic (exact) mass is 446 g/mol. The number of nitrogens with zero attached hydrogens (tertiary/aromatic N) is 1. The van der Waals surface area contributed by atoms with E-state index in [2.05, 4.69) is 48.4 Å². The Bertz CT molecular complexity index is 963. The molecule has 2 aromatic rings. The van der Waals surface area contributed by atoms with Crippen LogP contribution in [0.3, 0.4) is 0 Å². The van der Waals surface area contributed by atoms with E-state index in [1.807, 2.05) is 18.3 Å². The second-order valence-electron chi connectivity index (χ2n) is 8.83. The fourth-order valence-corrected chi connectivity index (χ4v) is 4.53. The van der Waals surface area contributed by atoms with Gasteiger partial charge in [-0.1, -0.05) is 38.5 Å². The van der Waals surface area contributed by atoms with Crippen molar-refractivity contribution in [3.8, 4) is 5.75 Å². The molecule has 1 aliphatic rings. The van der Waals surface area contributed by atoms with Crippen LogP contribution in [0.15, 0.2) is 60.5 Å². The summed E-state index contributed by atoms with van der Waals surface area (Å²) in [6, 6.07) is 10.7. The first-order valence-electron chi connectivity index (χ1n) is 12.4. The first-order valence-corrected chi connectivity index (χ1v) is 12.4. The fraction of sp³-hybridized carbons (Fsp3) is 0.448. The van der Waals surface area contributed by atoms with Gasteiger partial charge in [0.15, 0.2) is 0 Å². The van der Waals surface area contributed by atoms with Crippen LogP contribution in [0, 0.1) is 0 Å². The van der Waals surface area contributed by atoms with Crippen LogP contribution in [0.1, 0.15) is 75.5 Å². The first kappa shape index (κ1) is 24.8. The minimum atomic E-state index is 0.00565. The van der Waals surface area contributed by atoms with Crippen LogP contribution < -0.4 is 10.1 Å². The lowest BCUT2D eigenvalue weighted by atomic mass is 9.83. The molecule has 1 aliphatic carbocycles. The Balaban J connectivity index is 1.63. The number of amides is 1. The SMILES string of the molecule is CCCCC1=C(/C=C/C(=O)N[C@H](CC)CCCc2cccnc2)CCc2cc(OC)ccc21. The summed E-state index contributed by atoms with van der Waals surface area (Å²) in [5.41, 5.74) is 6.59. The summed E-state index contributed by atoms with van der Waals surface area (Å²) < 4.78 is 5.42. The van der Waals surface area contributed by atoms with Gasteiger partial charge in [0.1, 0.15) is 5.75 Å². The van der Waals surface area contributed by atoms with Crippen LogP contribution >= 0.6 is 0 Å². The van der Waals surface area contributed by atoms with Gasteiger partial charge in [0.2, 0.25) is 5.91 Å². The molecule has 0 saturated heterocycles. The fourth-order valence-electron chi connectivity index (χ4n) is 4.53. The van der Waals surface area contributed by atoms with E-state index in [-0.39, 0.29) is 11.9 Å². The second-order valence-corrected chi connectivity index (χ2v) is 8.83. The highest BCUT2D eigenvalue weighted by Gasteiger charge is 2.18. The predicted octanol–water partition coefficient (Wildman–Crippen LogP) is 6.45. The zero-order valence-electron chi connectivity index (χ0n) is 20.4. The van der Waals surface area contributed by atoms with Crippen molar-refractivity contribution in [1.82, 2.24) is 10.3 Å². The maximum Gasteiger partial charge on any atom is 0.244 e. The number of carbonyl (C=O) groups excluding carboxylic acids is 1. The van der Waals surface area contributed by atoms with Gasteiger partial charge in [-0.05, 0) is 97.4 Å². The number of methoxy groups -OCH3 is 1. The number of unbranched alkanes of at least 4 members (excludes halogenated alkanes) is 1. The zero-order valence-corrected chi connectivity index (χ0v) is 20.4. The van der Waals surface area contributed by atoms with Gasteiger partial charge in [0.05, 0.1) is 7.11 Å². The van der Waals surface area contributed by atoms with E-state index in [9.17, 15) is 4.79 Å². The van der Waals surface area contributed by atoms with Crippen molar-refractivity contribution in [2.45, 2.75) is 77.7 Å². The van der Waals surface area contributed by atoms with Gasteiger partial charge in [0, 0.05) is 24.5 Å². The molecule has 0 saturated carbocycles. The molecule has 0 bridgehead atoms. The molecule has 0 fully saturated rings. The molecule has 3 rings (SSSR count). The van der Waals surface area contributed by atoms with E-state index in [0.29, 0.717) is 0 Å². The molecule has 33 heavy (non-hydrogen) atoms. The number of carbonyl (C=O) groups is 1. The minimum absolute atomic E-state index is 0.00565. The highest BCUT2D eigenvalue weighted by molar-refractivity contribution is 5.89. The molecule has 1 aromatic carbocycles. The molecule has 1 N–H and O–H groups in total. The van der Waals surface area contributed by atoms with Gasteiger partial charge in [-0.25, -0.2) is 0 Å². The zero-order chi connectivity index (χ0) is 23.5. The Kier molecular flexibility index (Phi) is 9.74. The number of ether oxygens (including phenoxy) is 1. The predicted molar refractivity (Wildman–Crippen MR) is 136 cm³/mol. The molecular weight excluding hydrogens is 408 g/mol. The van der Waals surface area contributed by atoms with Gasteiger partial charge in [-0.2, -0.15) is 0 Å². The lowest BCUT2D eigenvalue weighted by Crippen LogP contribution is -2.33. The molecule has 0 spiro atoms. The standard InChI is InChI=1S/C29H38N2O2/c1-4-6-12-27-23(13-14-24-20-26(33-3)16-17-28(24)27)15-18-29(32)31-25(5-2)11-7-9-22-10-8-19-30-21-22/h8,10,15-21,25H,4-7,9,11-14H2,1-3H3,(H,31,32)/b18-15+/t25-/m1/s1. The number of hydrogen-bond acceptors (Lipinski definition) is 3. The molecule has 1 atom stereocenters. The third-order valence-electron chi connectivity index (χ3n) is 6.49. The van der Waals surface area contributed by atoms with Crippen molar-refractivity contribution in [2.24, 2.45) is 0 Å². The molecule has 0 unspecified atom stereocenters. The number of aromatic nitrogens is 1. The van der Waals surface area contributed by atoms with Crippen LogP contribution in [0.2, 0.25) is 0 Å². The van der Waals surface area contributed by atoms with Crippen LogP contribution in [-0.4, -0.2) is 24.0 Å². The van der Waals surface area contributed by atoms with Crippen molar-refractivity contribution in [1.29, 1.82) is 0 Å². The molecule has 1 aromatic heterocycles. The summed E-state index contributed by atoms with van der Waals surface area (Å²) in [6.45, 7) is 4.36. The van der Waals surface area contributed by atoms with Gasteiger partial charge >= 0.3 is 0 Å². The number of hydrogen-bond donors (Lipinski definition) is 1. The smallest absolute Gasteiger partial charge is 0.244 e. The summed E-state index contributed by atoms with van der Waals surface area (Å²) >= 11 is 0. The average molecular weight is 447 g/mol. The highest BCUT2D eigenvalue weighted by Crippen LogP contribution is 2.36. The molecule has 176 valence electrons. The summed E-state index contributed by atoms with van der Waals surface area (Å²) in [6.07, 6.45) is 16.8. The number of aryl methyl sites for hydroxylation is 2. The molecule has 1 heterocycles. The largest absolute Gasteiger partial charge is 0.497 e. The third kappa shape index (κ3) is 7.31. The topological polar surface area (TPSA) is 51.2 Å². The Morgan fingerprint density at radius 2 is 2.06 bits per heavy atom. The van der Waals surface area contributed by atoms with E-state index in [4.69, 9.17) is 4.74 Å². The minimum Gasteiger partial charge on any atom is -0.497 e. The van der Waals surface area contributed by atoms with E-state index in [0.717, 1.165) is 63.5 Å². The molecule has 1 amide bonds. The number of nitrogens with one attached hydrogen (secondary N) is 1. The Hall–Kier alpha value is -2.88. The molecule has 0 aliphatic heterocycles. The lowest BCUT2D eigenvalue weighted by molar-refractivity contribution is -0.117. The maximum absolute atomic E-state index is 12.7. The van der Waals surface area contributed by atoms with Crippen LogP contribution in [0.4, 0.5) is 0 Å². The number of rotatable bonds is 12. The average Bonchev–Trinajstić information content (AvgIpc) is 2.85. The molecule has 0 radical (unpaired) electrons. The summed E-state index contributed by atoms with van der Waals surface area (Å²) in [5, 5.41) is 3.20. The first-order chi connectivity index (χ1) is 16.1. The lowest BCUT2D eigenvalue weighted by Gasteiger charge is -2.23. The van der Waals surface area contributed by atoms with Gasteiger partial charge in [-0.3, -0.25) is 9.78 Å². The molecule has 4 nitrogen and oxygen atoms in total. The van der Waals surface area contributed by atoms with Crippen molar-refractivity contribution in [3.63, 3.8) is 0 Å². The van der Waals surface area contributed by atoms with Crippen molar-refractivity contribution in [2.75, 3.05) is 7.11 Å². The Morgan fingerprint density at radius 3 is 2.79 bits per heavy atom. The van der Waals surface area contributed by atoms with E-state index >= 15 is 0 Å². The Morgan fingerprint density at radius 1 is 1.18 bits per heavy atom. The van der Waals surface area contributed by atoms with Crippen molar-refractivity contribution >= 4 is 11.5 Å². The van der Waals surface area contributed by atoms with Gasteiger partial charge in [0.25, 0.3) is 0 Å². The van der Waals surface area contributed by atoms with Gasteiger partial charge < -0.3 is 10.1 Å². The quantitative estimate of drug-likeness (QED) is 0.381. The summed E-state index contributed by atoms with van der Waals surface area (Å²) in [4.78, 5) is 16.9. The number of benzene rings is 1. The number of pyridine rings is 1. The normalized spacial score (nSPS) is 14.3. The van der Waals surface area contributed by atoms with Crippen LogP contribution in [0.25, 0.3) is 5.57 Å². The van der Waals surface area contributed by atoms with E-state index in [1.165, 1.54) is 27.8 Å². The maximum atomic E-state index is 12.7. The van der Waals surface area contributed by atoms with Crippen LogP contribution in [0.5, 0.6) is 5.75 Å². The molecular formula is C29H38N2O2.